The maximum absolute atomic E-state index is 13.6. The third-order valence-corrected chi connectivity index (χ3v) is 23.5. The molecule has 0 unspecified atom stereocenters. The number of ether oxygens (including phenoxy) is 4. The van der Waals surface area contributed by atoms with Crippen molar-refractivity contribution in [2.45, 2.75) is 50.9 Å². The van der Waals surface area contributed by atoms with Gasteiger partial charge in [-0.05, 0) is 168 Å². The van der Waals surface area contributed by atoms with Crippen LogP contribution in [0.1, 0.15) is 44.5 Å². The predicted molar refractivity (Wildman–Crippen MR) is 462 cm³/mol. The number of nitrogens with zero attached hydrogens (tertiary/aromatic N) is 8. The van der Waals surface area contributed by atoms with E-state index >= 15 is 0 Å². The van der Waals surface area contributed by atoms with Gasteiger partial charge in [-0.3, -0.25) is 0 Å². The fourth-order valence-corrected chi connectivity index (χ4v) is 16.8. The molecule has 0 aliphatic heterocycles. The van der Waals surface area contributed by atoms with Crippen LogP contribution in [0.5, 0.6) is 46.5 Å². The molecule has 12 nitrogen and oxygen atoms in total. The summed E-state index contributed by atoms with van der Waals surface area (Å²) in [6.45, 7) is 3.26. The summed E-state index contributed by atoms with van der Waals surface area (Å²) in [6, 6.07) is 74.5. The van der Waals surface area contributed by atoms with E-state index in [1.54, 1.807) is 61.7 Å². The van der Waals surface area contributed by atoms with Gasteiger partial charge < -0.3 is 18.9 Å². The van der Waals surface area contributed by atoms with Crippen molar-refractivity contribution in [2.24, 2.45) is 0 Å². The van der Waals surface area contributed by atoms with Crippen LogP contribution in [0.15, 0.2) is 264 Å². The smallest absolute Gasteiger partial charge is 0.419 e. The number of halogens is 18. The number of thiophene rings is 4. The quantitative estimate of drug-likeness (QED) is 0.0653. The molecule has 134 heavy (non-hydrogen) atoms. The van der Waals surface area contributed by atoms with Crippen LogP contribution in [0.3, 0.4) is 0 Å². The van der Waals surface area contributed by atoms with E-state index in [0.29, 0.717) is 100 Å². The first-order valence-corrected chi connectivity index (χ1v) is 41.8. The Hall–Kier alpha value is -11.6. The van der Waals surface area contributed by atoms with Crippen molar-refractivity contribution in [1.29, 1.82) is 0 Å². The van der Waals surface area contributed by atoms with Gasteiger partial charge in [0.2, 0.25) is 23.5 Å². The Labute approximate surface area is 816 Å². The second-order valence-corrected chi connectivity index (χ2v) is 32.4. The van der Waals surface area contributed by atoms with Crippen molar-refractivity contribution >= 4 is 132 Å². The molecule has 20 aromatic rings. The summed E-state index contributed by atoms with van der Waals surface area (Å²) in [4.78, 5) is 3.01. The first-order chi connectivity index (χ1) is 62.0. The third kappa shape index (κ3) is 21.8. The molecule has 8 heterocycles. The molecule has 0 bridgehead atoms. The largest absolute Gasteiger partial charge is 0.437 e. The normalized spacial score (nSPS) is 11.8. The molecule has 12 aromatic carbocycles. The topological polar surface area (TPSA) is 140 Å². The van der Waals surface area contributed by atoms with Gasteiger partial charge in [0.15, 0.2) is 0 Å². The average Bonchev–Trinajstić information content (AvgIpc) is 1.19. The second-order valence-electron chi connectivity index (χ2n) is 28.8. The van der Waals surface area contributed by atoms with E-state index in [9.17, 15) is 79.0 Å². The molecular formula is C96H50F18Ir4N8O4S4-4. The van der Waals surface area contributed by atoms with Crippen molar-refractivity contribution in [3.8, 4) is 88.8 Å². The van der Waals surface area contributed by atoms with E-state index in [2.05, 4.69) is 65.1 Å². The molecule has 0 spiro atoms. The minimum Gasteiger partial charge on any atom is -0.437 e. The van der Waals surface area contributed by atoms with Crippen molar-refractivity contribution < 1.29 is 178 Å². The van der Waals surface area contributed by atoms with E-state index < -0.39 is 81.9 Å². The second kappa shape index (κ2) is 40.5. The molecule has 8 aromatic heterocycles. The first-order valence-electron chi connectivity index (χ1n) is 38.3. The maximum Gasteiger partial charge on any atom is 0.419 e. The maximum atomic E-state index is 13.6. The molecule has 38 heteroatoms. The summed E-state index contributed by atoms with van der Waals surface area (Å²) in [5, 5.41) is 52.9. The van der Waals surface area contributed by atoms with Crippen LogP contribution in [0.4, 0.5) is 79.0 Å². The molecule has 0 saturated heterocycles. The number of aryl methyl sites for hydroxylation is 2. The van der Waals surface area contributed by atoms with Gasteiger partial charge in [-0.15, -0.1) is 41.9 Å². The zero-order chi connectivity index (χ0) is 91.3. The van der Waals surface area contributed by atoms with Gasteiger partial charge in [0.25, 0.3) is 0 Å². The summed E-state index contributed by atoms with van der Waals surface area (Å²) in [5.74, 6) is -1.43. The summed E-state index contributed by atoms with van der Waals surface area (Å²) < 4.78 is 262. The van der Waals surface area contributed by atoms with Crippen LogP contribution in [-0.4, -0.2) is 40.8 Å². The molecule has 0 saturated carbocycles. The predicted octanol–water partition coefficient (Wildman–Crippen LogP) is 31.1. The van der Waals surface area contributed by atoms with Gasteiger partial charge in [-0.1, -0.05) is 159 Å². The number of para-hydroxylation sites is 1. The van der Waals surface area contributed by atoms with Crippen LogP contribution in [0, 0.1) is 38.1 Å². The third-order valence-electron chi connectivity index (χ3n) is 20.2. The van der Waals surface area contributed by atoms with Gasteiger partial charge in [-0.25, -0.2) is 65.7 Å². The standard InChI is InChI=1S/2C24H11F6N2OS.2C24H14F3N2OS.4Ir/c25-23(26,27)18-8-7-15(12-19(18)24(28,29)30)33-22-17-11-14-5-2-1-4-13(14)10-16(17)21(31-32-22)20-6-3-9-34-20;25-23(26,27)15-10-16(24(28,29)30)12-17(11-15)33-22-19-9-14-5-2-1-4-13(14)8-18(19)21(31-32-22)20-6-3-7-34-20;1-14-6-4-9-19(24(25,26)27)22(14)30-23-18-13-16-8-3-2-7-15(16)12-17(18)21(28-29-23)20-10-5-11-31-20;1-14-8-9-17(24(25,26)27)13-20(14)30-23-19-12-16-6-3-2-5-15(16)11-18(19)22(28-29-23)21-7-4-10-31-21;;;;/h2*1-5,7-12H;2-9,11-13H,1H3;2-6,8-13H,1H3;;;;/q4*-1;;;;. The van der Waals surface area contributed by atoms with E-state index in [0.717, 1.165) is 87.9 Å². The minimum atomic E-state index is -5.23. The van der Waals surface area contributed by atoms with Crippen LogP contribution >= 0.6 is 45.3 Å². The fraction of sp³-hybridized carbons (Fsp3) is 0.0833. The molecule has 0 fully saturated rings. The average molecular weight is 2620 g/mol. The van der Waals surface area contributed by atoms with Crippen molar-refractivity contribution in [1.82, 2.24) is 40.8 Å². The van der Waals surface area contributed by atoms with Gasteiger partial charge in [0.05, 0.1) is 33.4 Å². The molecule has 20 rings (SSSR count). The number of rotatable bonds is 12. The molecule has 688 valence electrons. The Kier molecular flexibility index (Phi) is 30.2. The zero-order valence-electron chi connectivity index (χ0n) is 67.4. The first kappa shape index (κ1) is 99.8. The Morgan fingerprint density at radius 1 is 0.246 bits per heavy atom. The van der Waals surface area contributed by atoms with Crippen LogP contribution in [0.25, 0.3) is 128 Å². The number of alkyl halides is 18. The van der Waals surface area contributed by atoms with Crippen LogP contribution < -0.4 is 18.9 Å². The Morgan fingerprint density at radius 3 is 0.873 bits per heavy atom. The van der Waals surface area contributed by atoms with E-state index in [-0.39, 0.29) is 122 Å². The van der Waals surface area contributed by atoms with E-state index in [1.807, 2.05) is 150 Å². The molecule has 0 aliphatic carbocycles. The fourth-order valence-electron chi connectivity index (χ4n) is 14.1. The monoisotopic (exact) mass is 2620 g/mol. The summed E-state index contributed by atoms with van der Waals surface area (Å²) in [7, 11) is 0. The number of hydrogen-bond acceptors (Lipinski definition) is 16. The minimum absolute atomic E-state index is 0. The number of benzene rings is 12. The van der Waals surface area contributed by atoms with Crippen molar-refractivity contribution in [3.63, 3.8) is 0 Å². The number of aromatic nitrogens is 8. The Morgan fingerprint density at radius 2 is 0.560 bits per heavy atom. The number of hydrogen-bond donors (Lipinski definition) is 0. The number of fused-ring (bicyclic) bond motifs is 8. The molecule has 0 aliphatic rings. The molecule has 0 N–H and O–H groups in total. The Balaban J connectivity index is 0.000000150. The summed E-state index contributed by atoms with van der Waals surface area (Å²) in [5.41, 5.74) is -5.04. The van der Waals surface area contributed by atoms with Gasteiger partial charge in [-0.2, -0.15) is 128 Å². The summed E-state index contributed by atoms with van der Waals surface area (Å²) in [6.07, 6.45) is -29.4. The van der Waals surface area contributed by atoms with Gasteiger partial charge in [0.1, 0.15) is 23.0 Å². The van der Waals surface area contributed by atoms with Crippen molar-refractivity contribution in [2.75, 3.05) is 0 Å². The molecule has 0 atom stereocenters. The zero-order valence-corrected chi connectivity index (χ0v) is 80.2. The van der Waals surface area contributed by atoms with Gasteiger partial charge in [0, 0.05) is 125 Å². The molecule has 4 radical (unpaired) electrons. The van der Waals surface area contributed by atoms with Gasteiger partial charge >= 0.3 is 37.1 Å². The van der Waals surface area contributed by atoms with E-state index in [4.69, 9.17) is 18.9 Å². The SMILES string of the molecule is Cc1ccc(C(F)(F)F)cc1Oc1nnc(-c2[c-]ccs2)c2cc3ccccc3cc12.Cc1cccc(C(F)(F)F)c1Oc1nnc(-c2[c-]ccs2)c2cc3ccccc3cc12.FC(F)(F)c1cc(Oc2nnc(-c3[c-]ccs3)c3cc4ccccc4cc23)cc(C(F)(F)F)c1.FC(F)(F)c1ccc(Oc2nnc(-c3[c-]ccs3)c3cc4ccccc4cc23)cc1C(F)(F)F.[Ir].[Ir].[Ir].[Ir]. The molecule has 0 amide bonds. The van der Waals surface area contributed by atoms with Crippen molar-refractivity contribution in [3.05, 3.63) is 333 Å². The Bertz CT molecular complexity index is 7640. The summed E-state index contributed by atoms with van der Waals surface area (Å²) >= 11 is 5.71. The van der Waals surface area contributed by atoms with Crippen LogP contribution in [-0.2, 0) is 117 Å². The van der Waals surface area contributed by atoms with Crippen LogP contribution in [0.2, 0.25) is 0 Å². The van der Waals surface area contributed by atoms with E-state index in [1.165, 1.54) is 57.5 Å². The molecular weight excluding hydrogens is 2570 g/mol.